The molecule has 108 valence electrons. The molecule has 20 heavy (non-hydrogen) atoms. The van der Waals surface area contributed by atoms with Crippen molar-refractivity contribution in [1.82, 2.24) is 0 Å². The minimum absolute atomic E-state index is 0.497. The average Bonchev–Trinajstić information content (AvgIpc) is 2.95. The number of rotatable bonds is 6. The van der Waals surface area contributed by atoms with Crippen LogP contribution in [-0.4, -0.2) is 26.4 Å². The van der Waals surface area contributed by atoms with Crippen LogP contribution in [0.15, 0.2) is 29.6 Å². The summed E-state index contributed by atoms with van der Waals surface area (Å²) in [5, 5.41) is 12.2. The van der Waals surface area contributed by atoms with Crippen LogP contribution in [0.25, 0.3) is 0 Å². The van der Waals surface area contributed by atoms with Gasteiger partial charge in [-0.3, -0.25) is 0 Å². The van der Waals surface area contributed by atoms with E-state index in [2.05, 4.69) is 0 Å². The van der Waals surface area contributed by atoms with Crippen LogP contribution in [0, 0.1) is 0 Å². The molecule has 0 amide bonds. The summed E-state index contributed by atoms with van der Waals surface area (Å²) in [4.78, 5) is 0.835. The van der Waals surface area contributed by atoms with Crippen molar-refractivity contribution in [2.24, 2.45) is 0 Å². The lowest BCUT2D eigenvalue weighted by molar-refractivity contribution is 0.178. The quantitative estimate of drug-likeness (QED) is 0.889. The zero-order chi connectivity index (χ0) is 14.5. The largest absolute Gasteiger partial charge is 0.495 e. The van der Waals surface area contributed by atoms with Gasteiger partial charge in [0.25, 0.3) is 0 Å². The first-order chi connectivity index (χ1) is 9.69. The van der Waals surface area contributed by atoms with Gasteiger partial charge in [0.2, 0.25) is 0 Å². The van der Waals surface area contributed by atoms with Crippen LogP contribution in [0.4, 0.5) is 0 Å². The summed E-state index contributed by atoms with van der Waals surface area (Å²) in [5.74, 6) is 2.07. The zero-order valence-corrected chi connectivity index (χ0v) is 12.6. The molecule has 1 aromatic carbocycles. The molecule has 0 fully saturated rings. The highest BCUT2D eigenvalue weighted by atomic mass is 32.1. The van der Waals surface area contributed by atoms with E-state index in [1.165, 1.54) is 11.3 Å². The van der Waals surface area contributed by atoms with Crippen molar-refractivity contribution in [3.05, 3.63) is 40.1 Å². The van der Waals surface area contributed by atoms with Crippen molar-refractivity contribution in [2.75, 3.05) is 21.3 Å². The van der Waals surface area contributed by atoms with E-state index in [0.717, 1.165) is 16.2 Å². The predicted molar refractivity (Wildman–Crippen MR) is 79.1 cm³/mol. The fourth-order valence-electron chi connectivity index (χ4n) is 2.04. The standard InChI is InChI=1S/C15H18O4S/c1-17-12-5-4-10(9-14(12)19-3)8-11(16)15-13(18-2)6-7-20-15/h4-7,9,11,16H,8H2,1-3H3. The molecule has 1 unspecified atom stereocenters. The van der Waals surface area contributed by atoms with Crippen LogP contribution in [-0.2, 0) is 6.42 Å². The molecule has 1 N–H and O–H groups in total. The summed E-state index contributed by atoms with van der Waals surface area (Å²) >= 11 is 1.49. The Morgan fingerprint density at radius 2 is 1.70 bits per heavy atom. The number of methoxy groups -OCH3 is 3. The van der Waals surface area contributed by atoms with E-state index in [1.54, 1.807) is 21.3 Å². The lowest BCUT2D eigenvalue weighted by Crippen LogP contribution is -2.02. The highest BCUT2D eigenvalue weighted by Crippen LogP contribution is 2.34. The number of benzene rings is 1. The minimum atomic E-state index is -0.594. The van der Waals surface area contributed by atoms with Crippen LogP contribution >= 0.6 is 11.3 Å². The normalized spacial score (nSPS) is 12.0. The van der Waals surface area contributed by atoms with Crippen LogP contribution < -0.4 is 14.2 Å². The maximum atomic E-state index is 10.3. The van der Waals surface area contributed by atoms with Gasteiger partial charge in [0.05, 0.1) is 32.3 Å². The SMILES string of the molecule is COc1ccc(CC(O)c2sccc2OC)cc1OC. The monoisotopic (exact) mass is 294 g/mol. The molecule has 2 aromatic rings. The van der Waals surface area contributed by atoms with Crippen LogP contribution in [0.3, 0.4) is 0 Å². The first kappa shape index (κ1) is 14.7. The van der Waals surface area contributed by atoms with E-state index in [-0.39, 0.29) is 0 Å². The van der Waals surface area contributed by atoms with E-state index in [4.69, 9.17) is 14.2 Å². The third-order valence-electron chi connectivity index (χ3n) is 3.06. The Hall–Kier alpha value is -1.72. The first-order valence-corrected chi connectivity index (χ1v) is 7.08. The van der Waals surface area contributed by atoms with E-state index in [1.807, 2.05) is 29.6 Å². The van der Waals surface area contributed by atoms with E-state index >= 15 is 0 Å². The summed E-state index contributed by atoms with van der Waals surface area (Å²) in [6, 6.07) is 7.50. The highest BCUT2D eigenvalue weighted by molar-refractivity contribution is 7.10. The van der Waals surface area contributed by atoms with Crippen molar-refractivity contribution in [1.29, 1.82) is 0 Å². The lowest BCUT2D eigenvalue weighted by Gasteiger charge is -2.13. The van der Waals surface area contributed by atoms with Gasteiger partial charge in [0, 0.05) is 6.42 Å². The molecule has 5 heteroatoms. The molecular formula is C15H18O4S. The smallest absolute Gasteiger partial charge is 0.160 e. The van der Waals surface area contributed by atoms with Crippen molar-refractivity contribution in [3.8, 4) is 17.2 Å². The van der Waals surface area contributed by atoms with Gasteiger partial charge in [0.1, 0.15) is 5.75 Å². The molecule has 0 aliphatic carbocycles. The number of ether oxygens (including phenoxy) is 3. The second kappa shape index (κ2) is 6.63. The zero-order valence-electron chi connectivity index (χ0n) is 11.8. The summed E-state index contributed by atoms with van der Waals surface area (Å²) in [6.45, 7) is 0. The minimum Gasteiger partial charge on any atom is -0.495 e. The molecule has 1 heterocycles. The predicted octanol–water partition coefficient (Wildman–Crippen LogP) is 3.05. The van der Waals surface area contributed by atoms with Crippen LogP contribution in [0.1, 0.15) is 16.5 Å². The van der Waals surface area contributed by atoms with E-state index in [0.29, 0.717) is 17.9 Å². The molecule has 0 bridgehead atoms. The van der Waals surface area contributed by atoms with Gasteiger partial charge >= 0.3 is 0 Å². The molecule has 0 saturated carbocycles. The molecule has 0 radical (unpaired) electrons. The maximum absolute atomic E-state index is 10.3. The first-order valence-electron chi connectivity index (χ1n) is 6.20. The fraction of sp³-hybridized carbons (Fsp3) is 0.333. The number of thiophene rings is 1. The molecule has 4 nitrogen and oxygen atoms in total. The Balaban J connectivity index is 2.17. The molecule has 0 saturated heterocycles. The van der Waals surface area contributed by atoms with Crippen LogP contribution in [0.2, 0.25) is 0 Å². The summed E-state index contributed by atoms with van der Waals surface area (Å²) in [5.41, 5.74) is 0.977. The van der Waals surface area contributed by atoms with Gasteiger partial charge in [-0.15, -0.1) is 11.3 Å². The summed E-state index contributed by atoms with van der Waals surface area (Å²) < 4.78 is 15.7. The number of hydrogen-bond acceptors (Lipinski definition) is 5. The Labute approximate surface area is 122 Å². The lowest BCUT2D eigenvalue weighted by atomic mass is 10.1. The van der Waals surface area contributed by atoms with Gasteiger partial charge in [-0.2, -0.15) is 0 Å². The second-order valence-corrected chi connectivity index (χ2v) is 5.21. The molecule has 1 aromatic heterocycles. The number of aliphatic hydroxyl groups is 1. The molecule has 0 aliphatic heterocycles. The van der Waals surface area contributed by atoms with Crippen molar-refractivity contribution >= 4 is 11.3 Å². The second-order valence-electron chi connectivity index (χ2n) is 4.26. The molecular weight excluding hydrogens is 276 g/mol. The topological polar surface area (TPSA) is 47.9 Å². The van der Waals surface area contributed by atoms with Gasteiger partial charge in [-0.1, -0.05) is 6.07 Å². The third kappa shape index (κ3) is 3.05. The Kier molecular flexibility index (Phi) is 4.87. The average molecular weight is 294 g/mol. The number of hydrogen-bond donors (Lipinski definition) is 1. The Morgan fingerprint density at radius 1 is 1.00 bits per heavy atom. The van der Waals surface area contributed by atoms with Crippen molar-refractivity contribution in [2.45, 2.75) is 12.5 Å². The Morgan fingerprint density at radius 3 is 2.35 bits per heavy atom. The van der Waals surface area contributed by atoms with Gasteiger partial charge in [-0.05, 0) is 29.1 Å². The Bertz CT molecular complexity index is 565. The molecule has 2 rings (SSSR count). The third-order valence-corrected chi connectivity index (χ3v) is 4.06. The van der Waals surface area contributed by atoms with E-state index in [9.17, 15) is 5.11 Å². The maximum Gasteiger partial charge on any atom is 0.160 e. The molecule has 1 atom stereocenters. The highest BCUT2D eigenvalue weighted by Gasteiger charge is 2.16. The molecule has 0 aliphatic rings. The number of aliphatic hydroxyl groups excluding tert-OH is 1. The fourth-order valence-corrected chi connectivity index (χ4v) is 2.89. The van der Waals surface area contributed by atoms with E-state index < -0.39 is 6.10 Å². The van der Waals surface area contributed by atoms with Gasteiger partial charge in [-0.25, -0.2) is 0 Å². The summed E-state index contributed by atoms with van der Waals surface area (Å²) in [6.07, 6.45) is -0.0971. The van der Waals surface area contributed by atoms with Crippen molar-refractivity contribution in [3.63, 3.8) is 0 Å². The molecule has 0 spiro atoms. The summed E-state index contributed by atoms with van der Waals surface area (Å²) in [7, 11) is 4.80. The van der Waals surface area contributed by atoms with Gasteiger partial charge in [0.15, 0.2) is 11.5 Å². The van der Waals surface area contributed by atoms with Crippen molar-refractivity contribution < 1.29 is 19.3 Å². The van der Waals surface area contributed by atoms with Crippen LogP contribution in [0.5, 0.6) is 17.2 Å². The van der Waals surface area contributed by atoms with Gasteiger partial charge < -0.3 is 19.3 Å².